The average Bonchev–Trinajstić information content (AvgIpc) is 2.71. The van der Waals surface area contributed by atoms with Crippen LogP contribution in [-0.2, 0) is 26.0 Å². The third-order valence-corrected chi connectivity index (χ3v) is 6.31. The molecule has 0 bridgehead atoms. The molecule has 0 aliphatic rings. The Balaban J connectivity index is 2.60. The zero-order chi connectivity index (χ0) is 21.4. The van der Waals surface area contributed by atoms with Crippen LogP contribution >= 0.6 is 15.9 Å². The van der Waals surface area contributed by atoms with Crippen molar-refractivity contribution in [3.05, 3.63) is 75.8 Å². The van der Waals surface area contributed by atoms with Gasteiger partial charge in [0.05, 0.1) is 16.0 Å². The van der Waals surface area contributed by atoms with Crippen LogP contribution in [0.5, 0.6) is 0 Å². The zero-order valence-electron chi connectivity index (χ0n) is 16.7. The fraction of sp³-hybridized carbons (Fsp3) is 0.273. The molecule has 0 saturated heterocycles. The van der Waals surface area contributed by atoms with E-state index in [1.165, 1.54) is 12.1 Å². The number of hydrogen-bond acceptors (Lipinski definition) is 4. The van der Waals surface area contributed by atoms with E-state index in [2.05, 4.69) is 20.3 Å². The highest BCUT2D eigenvalue weighted by Gasteiger charge is 2.22. The summed E-state index contributed by atoms with van der Waals surface area (Å²) in [6, 6.07) is 15.9. The molecule has 2 rings (SSSR count). The summed E-state index contributed by atoms with van der Waals surface area (Å²) >= 11 is 3.35. The summed E-state index contributed by atoms with van der Waals surface area (Å²) in [7, 11) is -4.01. The van der Waals surface area contributed by atoms with E-state index in [4.69, 9.17) is 4.74 Å². The molecule has 2 aromatic carbocycles. The minimum Gasteiger partial charge on any atom is -0.477 e. The second-order valence-corrected chi connectivity index (χ2v) is 8.75. The second kappa shape index (κ2) is 10.5. The van der Waals surface area contributed by atoms with Gasteiger partial charge in [-0.25, -0.2) is 0 Å². The third kappa shape index (κ3) is 6.37. The Labute approximate surface area is 180 Å². The van der Waals surface area contributed by atoms with Gasteiger partial charge in [0.1, 0.15) is 0 Å². The van der Waals surface area contributed by atoms with Crippen molar-refractivity contribution in [2.24, 2.45) is 4.40 Å². The van der Waals surface area contributed by atoms with Crippen LogP contribution in [0.25, 0.3) is 0 Å². The Bertz CT molecular complexity index is 1010. The van der Waals surface area contributed by atoms with E-state index in [1.807, 2.05) is 37.3 Å². The lowest BCUT2D eigenvalue weighted by Crippen LogP contribution is -2.17. The summed E-state index contributed by atoms with van der Waals surface area (Å²) in [5.74, 6) is -0.235. The molecule has 0 N–H and O–H groups in total. The Morgan fingerprint density at radius 3 is 2.21 bits per heavy atom. The normalized spacial score (nSPS) is 13.0. The molecule has 154 valence electrons. The Hall–Kier alpha value is -2.25. The van der Waals surface area contributed by atoms with Crippen molar-refractivity contribution < 1.29 is 17.9 Å². The number of carbonyl (C=O) groups excluding carboxylic acids is 1. The van der Waals surface area contributed by atoms with E-state index in [-0.39, 0.29) is 34.1 Å². The largest absolute Gasteiger partial charge is 0.477 e. The van der Waals surface area contributed by atoms with Crippen molar-refractivity contribution in [2.75, 3.05) is 6.61 Å². The van der Waals surface area contributed by atoms with Crippen molar-refractivity contribution in [2.45, 2.75) is 38.5 Å². The fourth-order valence-electron chi connectivity index (χ4n) is 2.55. The smallest absolute Gasteiger partial charge is 0.285 e. The lowest BCUT2D eigenvalue weighted by atomic mass is 10.0. The molecule has 0 saturated carbocycles. The summed E-state index contributed by atoms with van der Waals surface area (Å²) in [6.45, 7) is 5.56. The standard InChI is InChI=1S/C22H24BrNO4S/c1-4-20(25)21(23)19(15-17-9-7-6-8-10-17)22(28-5-2)24-29(26,27)18-13-11-16(3)12-14-18/h6-14H,4-5,15H2,1-3H3/b21-19+,24-22-. The number of hydrogen-bond donors (Lipinski definition) is 0. The van der Waals surface area contributed by atoms with Crippen LogP contribution in [0.15, 0.2) is 73.9 Å². The van der Waals surface area contributed by atoms with Crippen LogP contribution in [0, 0.1) is 6.92 Å². The third-order valence-electron chi connectivity index (χ3n) is 4.12. The SMILES string of the molecule is CCOC(=N\S(=O)(=O)c1ccc(C)cc1)/C(Cc1ccccc1)=C(/Br)C(=O)CC. The minimum absolute atomic E-state index is 0.0669. The number of aryl methyl sites for hydroxylation is 1. The predicted octanol–water partition coefficient (Wildman–Crippen LogP) is 4.99. The number of carbonyl (C=O) groups is 1. The molecule has 7 heteroatoms. The van der Waals surface area contributed by atoms with Gasteiger partial charge in [-0.05, 0) is 47.5 Å². The summed E-state index contributed by atoms with van der Waals surface area (Å²) in [4.78, 5) is 12.4. The number of rotatable bonds is 8. The van der Waals surface area contributed by atoms with Gasteiger partial charge >= 0.3 is 0 Å². The second-order valence-electron chi connectivity index (χ2n) is 6.35. The maximum absolute atomic E-state index is 12.9. The van der Waals surface area contributed by atoms with Crippen molar-refractivity contribution in [1.29, 1.82) is 0 Å². The van der Waals surface area contributed by atoms with Gasteiger partial charge in [0.25, 0.3) is 10.0 Å². The molecule has 0 spiro atoms. The number of halogens is 1. The molecule has 0 aliphatic carbocycles. The number of ketones is 1. The van der Waals surface area contributed by atoms with Gasteiger partial charge in [0.15, 0.2) is 5.78 Å². The van der Waals surface area contributed by atoms with Gasteiger partial charge in [-0.3, -0.25) is 4.79 Å². The monoisotopic (exact) mass is 477 g/mol. The van der Waals surface area contributed by atoms with Crippen LogP contribution in [0.1, 0.15) is 31.4 Å². The van der Waals surface area contributed by atoms with E-state index in [9.17, 15) is 13.2 Å². The molecule has 0 amide bonds. The minimum atomic E-state index is -4.01. The van der Waals surface area contributed by atoms with Crippen LogP contribution in [0.4, 0.5) is 0 Å². The first-order chi connectivity index (χ1) is 13.8. The highest BCUT2D eigenvalue weighted by atomic mass is 79.9. The molecule has 0 fully saturated rings. The highest BCUT2D eigenvalue weighted by Crippen LogP contribution is 2.24. The van der Waals surface area contributed by atoms with Crippen molar-refractivity contribution >= 4 is 37.6 Å². The van der Waals surface area contributed by atoms with Crippen LogP contribution in [0.2, 0.25) is 0 Å². The summed E-state index contributed by atoms with van der Waals surface area (Å²) in [5.41, 5.74) is 2.25. The van der Waals surface area contributed by atoms with Crippen molar-refractivity contribution in [3.8, 4) is 0 Å². The van der Waals surface area contributed by atoms with Crippen LogP contribution < -0.4 is 0 Å². The number of benzene rings is 2. The first kappa shape index (κ1) is 23.0. The maximum Gasteiger partial charge on any atom is 0.285 e. The number of Topliss-reactive ketones (excluding diaryl/α,β-unsaturated/α-hetero) is 1. The number of ether oxygens (including phenoxy) is 1. The quantitative estimate of drug-likeness (QED) is 0.305. The highest BCUT2D eigenvalue weighted by molar-refractivity contribution is 9.12. The summed E-state index contributed by atoms with van der Waals surface area (Å²) in [6.07, 6.45) is 0.568. The number of sulfonamides is 1. The van der Waals surface area contributed by atoms with Crippen molar-refractivity contribution in [1.82, 2.24) is 0 Å². The molecule has 0 radical (unpaired) electrons. The zero-order valence-corrected chi connectivity index (χ0v) is 19.1. The fourth-order valence-corrected chi connectivity index (χ4v) is 4.10. The van der Waals surface area contributed by atoms with E-state index >= 15 is 0 Å². The lowest BCUT2D eigenvalue weighted by Gasteiger charge is -2.14. The molecule has 0 aromatic heterocycles. The molecule has 0 atom stereocenters. The van der Waals surface area contributed by atoms with Gasteiger partial charge in [-0.2, -0.15) is 8.42 Å². The molecule has 0 unspecified atom stereocenters. The van der Waals surface area contributed by atoms with E-state index < -0.39 is 10.0 Å². The van der Waals surface area contributed by atoms with E-state index in [1.54, 1.807) is 26.0 Å². The van der Waals surface area contributed by atoms with Crippen LogP contribution in [-0.4, -0.2) is 26.7 Å². The Kier molecular flexibility index (Phi) is 8.34. The molecular formula is C22H24BrNO4S. The number of allylic oxidation sites excluding steroid dienone is 1. The van der Waals surface area contributed by atoms with Gasteiger partial charge < -0.3 is 4.74 Å². The Morgan fingerprint density at radius 1 is 1.03 bits per heavy atom. The number of nitrogens with zero attached hydrogens (tertiary/aromatic N) is 1. The molecular weight excluding hydrogens is 454 g/mol. The van der Waals surface area contributed by atoms with Gasteiger partial charge in [-0.15, -0.1) is 4.40 Å². The molecule has 29 heavy (non-hydrogen) atoms. The van der Waals surface area contributed by atoms with Crippen LogP contribution in [0.3, 0.4) is 0 Å². The first-order valence-electron chi connectivity index (χ1n) is 9.29. The Morgan fingerprint density at radius 2 is 1.66 bits per heavy atom. The lowest BCUT2D eigenvalue weighted by molar-refractivity contribution is -0.114. The topological polar surface area (TPSA) is 72.8 Å². The van der Waals surface area contributed by atoms with Gasteiger partial charge in [0.2, 0.25) is 5.90 Å². The van der Waals surface area contributed by atoms with E-state index in [0.717, 1.165) is 11.1 Å². The first-order valence-corrected chi connectivity index (χ1v) is 11.5. The predicted molar refractivity (Wildman–Crippen MR) is 119 cm³/mol. The van der Waals surface area contributed by atoms with Crippen molar-refractivity contribution in [3.63, 3.8) is 0 Å². The summed E-state index contributed by atoms with van der Waals surface area (Å²) in [5, 5.41) is 0. The average molecular weight is 478 g/mol. The molecule has 2 aromatic rings. The maximum atomic E-state index is 12.9. The van der Waals surface area contributed by atoms with Gasteiger partial charge in [0, 0.05) is 18.4 Å². The summed E-state index contributed by atoms with van der Waals surface area (Å²) < 4.78 is 35.6. The molecule has 0 aliphatic heterocycles. The van der Waals surface area contributed by atoms with Gasteiger partial charge in [-0.1, -0.05) is 55.0 Å². The molecule has 5 nitrogen and oxygen atoms in total. The van der Waals surface area contributed by atoms with E-state index in [0.29, 0.717) is 12.0 Å². The molecule has 0 heterocycles.